The number of nitrogen functional groups attached to an aromatic ring is 1. The number of ether oxygens (including phenoxy) is 1. The Balaban J connectivity index is 2.65. The van der Waals surface area contributed by atoms with Gasteiger partial charge in [0.2, 0.25) is 0 Å². The lowest BCUT2D eigenvalue weighted by molar-refractivity contribution is -0.385. The minimum atomic E-state index is -2.59. The van der Waals surface area contributed by atoms with Crippen LogP contribution in [0.5, 0.6) is 0 Å². The highest BCUT2D eigenvalue weighted by molar-refractivity contribution is 5.99. The number of nitrogens with two attached hydrogens (primary N) is 1. The molecule has 0 heterocycles. The Kier molecular flexibility index (Phi) is 6.43. The summed E-state index contributed by atoms with van der Waals surface area (Å²) in [5.41, 5.74) is 2.01. The molecule has 0 radical (unpaired) electrons. The average molecular weight is 304 g/mol. The molecule has 1 aromatic rings. The van der Waals surface area contributed by atoms with E-state index >= 15 is 0 Å². The number of carbonyl (C=O) groups excluding carboxylic acids is 1. The molecule has 0 unspecified atom stereocenters. The Bertz CT molecular complexity index is 513. The van der Waals surface area contributed by atoms with Crippen LogP contribution >= 0.6 is 0 Å². The highest BCUT2D eigenvalue weighted by Gasteiger charge is 2.20. The first kappa shape index (κ1) is 16.7. The molecule has 0 bridgehead atoms. The molecule has 0 aliphatic heterocycles. The van der Waals surface area contributed by atoms with Crippen LogP contribution in [0.4, 0.5) is 20.2 Å². The summed E-state index contributed by atoms with van der Waals surface area (Å²) in [5.74, 6) is 4.45. The fraction of sp³-hybridized carbons (Fsp3) is 0.364. The summed E-state index contributed by atoms with van der Waals surface area (Å²) in [6.07, 6.45) is -2.59. The van der Waals surface area contributed by atoms with Crippen molar-refractivity contribution < 1.29 is 23.2 Å². The number of anilines is 1. The van der Waals surface area contributed by atoms with E-state index in [2.05, 4.69) is 15.5 Å². The number of nitro benzene ring substituents is 1. The van der Waals surface area contributed by atoms with Crippen LogP contribution in [0.3, 0.4) is 0 Å². The predicted molar refractivity (Wildman–Crippen MR) is 70.1 cm³/mol. The first-order chi connectivity index (χ1) is 9.95. The zero-order valence-corrected chi connectivity index (χ0v) is 10.8. The van der Waals surface area contributed by atoms with Crippen LogP contribution in [-0.2, 0) is 4.74 Å². The fourth-order valence-electron chi connectivity index (χ4n) is 1.47. The maximum atomic E-state index is 11.8. The molecular formula is C11H14F2N4O4. The number of nitro groups is 1. The van der Waals surface area contributed by atoms with Crippen molar-refractivity contribution in [2.24, 2.45) is 5.84 Å². The lowest BCUT2D eigenvalue weighted by Crippen LogP contribution is -2.28. The molecule has 21 heavy (non-hydrogen) atoms. The number of nitrogens with one attached hydrogen (secondary N) is 2. The number of nitrogens with zero attached hydrogens (tertiary/aromatic N) is 1. The van der Waals surface area contributed by atoms with Gasteiger partial charge in [-0.2, -0.15) is 0 Å². The minimum Gasteiger partial charge on any atom is -0.374 e. The maximum absolute atomic E-state index is 11.8. The zero-order chi connectivity index (χ0) is 15.8. The second-order valence-corrected chi connectivity index (χ2v) is 3.86. The van der Waals surface area contributed by atoms with Crippen molar-refractivity contribution in [2.75, 3.05) is 25.2 Å². The molecule has 1 aromatic carbocycles. The summed E-state index contributed by atoms with van der Waals surface area (Å²) in [7, 11) is 0. The SMILES string of the molecule is NNc1ccc([N+](=O)[O-])c(C(=O)NCCOCC(F)F)c1. The van der Waals surface area contributed by atoms with Crippen LogP contribution in [0.15, 0.2) is 18.2 Å². The molecule has 0 saturated heterocycles. The van der Waals surface area contributed by atoms with E-state index in [1.54, 1.807) is 0 Å². The average Bonchev–Trinajstić information content (AvgIpc) is 2.45. The van der Waals surface area contributed by atoms with Gasteiger partial charge in [0.1, 0.15) is 12.2 Å². The van der Waals surface area contributed by atoms with E-state index in [4.69, 9.17) is 5.84 Å². The molecule has 10 heteroatoms. The van der Waals surface area contributed by atoms with Crippen LogP contribution in [0, 0.1) is 10.1 Å². The highest BCUT2D eigenvalue weighted by atomic mass is 19.3. The number of amides is 1. The van der Waals surface area contributed by atoms with E-state index in [1.165, 1.54) is 12.1 Å². The number of halogens is 2. The van der Waals surface area contributed by atoms with Gasteiger partial charge in [0, 0.05) is 18.3 Å². The lowest BCUT2D eigenvalue weighted by atomic mass is 10.1. The maximum Gasteiger partial charge on any atom is 0.282 e. The van der Waals surface area contributed by atoms with Gasteiger partial charge in [-0.25, -0.2) is 8.78 Å². The van der Waals surface area contributed by atoms with Crippen molar-refractivity contribution in [2.45, 2.75) is 6.43 Å². The van der Waals surface area contributed by atoms with E-state index in [0.29, 0.717) is 5.69 Å². The molecule has 0 atom stereocenters. The Morgan fingerprint density at radius 2 is 2.19 bits per heavy atom. The van der Waals surface area contributed by atoms with Crippen molar-refractivity contribution >= 4 is 17.3 Å². The number of rotatable bonds is 8. The van der Waals surface area contributed by atoms with Crippen LogP contribution in [-0.4, -0.2) is 37.0 Å². The molecular weight excluding hydrogens is 290 g/mol. The summed E-state index contributed by atoms with van der Waals surface area (Å²) in [4.78, 5) is 22.0. The third kappa shape index (κ3) is 5.28. The Morgan fingerprint density at radius 1 is 1.48 bits per heavy atom. The molecule has 1 rings (SSSR count). The number of hydrogen-bond acceptors (Lipinski definition) is 6. The van der Waals surface area contributed by atoms with Crippen molar-refractivity contribution in [1.82, 2.24) is 5.32 Å². The van der Waals surface area contributed by atoms with E-state index in [-0.39, 0.29) is 24.4 Å². The van der Waals surface area contributed by atoms with Crippen molar-refractivity contribution in [3.05, 3.63) is 33.9 Å². The molecule has 0 aliphatic rings. The number of carbonyl (C=O) groups is 1. The molecule has 1 amide bonds. The summed E-state index contributed by atoms with van der Waals surface area (Å²) < 4.78 is 28.2. The van der Waals surface area contributed by atoms with Gasteiger partial charge in [-0.1, -0.05) is 0 Å². The zero-order valence-electron chi connectivity index (χ0n) is 10.8. The van der Waals surface area contributed by atoms with Gasteiger partial charge in [-0.05, 0) is 12.1 Å². The van der Waals surface area contributed by atoms with Gasteiger partial charge in [-0.15, -0.1) is 0 Å². The number of hydrazine groups is 1. The molecule has 0 fully saturated rings. The monoisotopic (exact) mass is 304 g/mol. The van der Waals surface area contributed by atoms with E-state index in [9.17, 15) is 23.7 Å². The summed E-state index contributed by atoms with van der Waals surface area (Å²) in [5, 5.41) is 13.2. The van der Waals surface area contributed by atoms with E-state index < -0.39 is 23.9 Å². The Labute approximate surface area is 118 Å². The summed E-state index contributed by atoms with van der Waals surface area (Å²) in [6.45, 7) is -0.912. The van der Waals surface area contributed by atoms with Gasteiger partial charge in [-0.3, -0.25) is 20.8 Å². The first-order valence-electron chi connectivity index (χ1n) is 5.85. The second kappa shape index (κ2) is 8.07. The van der Waals surface area contributed by atoms with Crippen molar-refractivity contribution in [3.8, 4) is 0 Å². The number of alkyl halides is 2. The van der Waals surface area contributed by atoms with Crippen LogP contribution in [0.2, 0.25) is 0 Å². The molecule has 0 aliphatic carbocycles. The number of benzene rings is 1. The van der Waals surface area contributed by atoms with Crippen LogP contribution < -0.4 is 16.6 Å². The first-order valence-corrected chi connectivity index (χ1v) is 5.85. The largest absolute Gasteiger partial charge is 0.374 e. The fourth-order valence-corrected chi connectivity index (χ4v) is 1.47. The number of hydrogen-bond donors (Lipinski definition) is 3. The minimum absolute atomic E-state index is 0.0526. The van der Waals surface area contributed by atoms with Gasteiger partial charge < -0.3 is 15.5 Å². The van der Waals surface area contributed by atoms with Crippen molar-refractivity contribution in [3.63, 3.8) is 0 Å². The topological polar surface area (TPSA) is 120 Å². The van der Waals surface area contributed by atoms with Gasteiger partial charge in [0.25, 0.3) is 18.0 Å². The smallest absolute Gasteiger partial charge is 0.282 e. The molecule has 8 nitrogen and oxygen atoms in total. The highest BCUT2D eigenvalue weighted by Crippen LogP contribution is 2.22. The standard InChI is InChI=1S/C11H14F2N4O4/c12-10(13)6-21-4-3-15-11(18)8-5-7(16-14)1-2-9(8)17(19)20/h1-2,5,10,16H,3-4,6,14H2,(H,15,18). The van der Waals surface area contributed by atoms with Crippen LogP contribution in [0.1, 0.15) is 10.4 Å². The third-order valence-electron chi connectivity index (χ3n) is 2.38. The Hall–Kier alpha value is -2.33. The molecule has 0 aromatic heterocycles. The summed E-state index contributed by atoms with van der Waals surface area (Å²) in [6, 6.07) is 3.70. The van der Waals surface area contributed by atoms with Crippen molar-refractivity contribution in [1.29, 1.82) is 0 Å². The molecule has 4 N–H and O–H groups in total. The van der Waals surface area contributed by atoms with Gasteiger partial charge >= 0.3 is 0 Å². The second-order valence-electron chi connectivity index (χ2n) is 3.86. The lowest BCUT2D eigenvalue weighted by Gasteiger charge is -2.08. The quantitative estimate of drug-likeness (QED) is 0.284. The normalized spacial score (nSPS) is 10.5. The van der Waals surface area contributed by atoms with Gasteiger partial charge in [0.05, 0.1) is 11.5 Å². The van der Waals surface area contributed by atoms with Gasteiger partial charge in [0.15, 0.2) is 0 Å². The predicted octanol–water partition coefficient (Wildman–Crippen LogP) is 0.892. The Morgan fingerprint density at radius 3 is 2.76 bits per heavy atom. The van der Waals surface area contributed by atoms with E-state index in [0.717, 1.165) is 6.07 Å². The van der Waals surface area contributed by atoms with E-state index in [1.807, 2.05) is 0 Å². The molecule has 116 valence electrons. The summed E-state index contributed by atoms with van der Waals surface area (Å²) >= 11 is 0. The molecule has 0 spiro atoms. The third-order valence-corrected chi connectivity index (χ3v) is 2.38. The van der Waals surface area contributed by atoms with Crippen LogP contribution in [0.25, 0.3) is 0 Å². The molecule has 0 saturated carbocycles.